The van der Waals surface area contributed by atoms with Crippen LogP contribution in [0.25, 0.3) is 6.08 Å². The van der Waals surface area contributed by atoms with Crippen molar-refractivity contribution in [1.29, 1.82) is 0 Å². The second-order valence-electron chi connectivity index (χ2n) is 7.35. The number of para-hydroxylation sites is 1. The molecule has 0 radical (unpaired) electrons. The van der Waals surface area contributed by atoms with Gasteiger partial charge in [0.1, 0.15) is 0 Å². The van der Waals surface area contributed by atoms with Gasteiger partial charge in [-0.05, 0) is 66.9 Å². The summed E-state index contributed by atoms with van der Waals surface area (Å²) in [6, 6.07) is 14.3. The second-order valence-corrected chi connectivity index (χ2v) is 8.19. The summed E-state index contributed by atoms with van der Waals surface area (Å²) < 4.78 is 0. The summed E-state index contributed by atoms with van der Waals surface area (Å²) in [7, 11) is 0. The summed E-state index contributed by atoms with van der Waals surface area (Å²) in [5, 5.41) is 6.35. The molecule has 156 valence electrons. The van der Waals surface area contributed by atoms with Crippen molar-refractivity contribution in [2.75, 3.05) is 18.4 Å². The second kappa shape index (κ2) is 10.4. The number of carbonyl (C=O) groups is 2. The highest BCUT2D eigenvalue weighted by atomic mass is 35.5. The van der Waals surface area contributed by atoms with Gasteiger partial charge in [-0.2, -0.15) is 0 Å². The van der Waals surface area contributed by atoms with Gasteiger partial charge < -0.3 is 10.2 Å². The van der Waals surface area contributed by atoms with Gasteiger partial charge in [-0.25, -0.2) is 0 Å². The Labute approximate surface area is 187 Å². The lowest BCUT2D eigenvalue weighted by Crippen LogP contribution is -2.39. The molecule has 2 aromatic rings. The molecule has 7 heteroatoms. The molecule has 0 bridgehead atoms. The van der Waals surface area contributed by atoms with Gasteiger partial charge in [0.25, 0.3) is 5.91 Å². The molecule has 1 aliphatic heterocycles. The Bertz CT molecular complexity index is 951. The molecule has 5 nitrogen and oxygen atoms in total. The largest absolute Gasteiger partial charge is 0.339 e. The van der Waals surface area contributed by atoms with Gasteiger partial charge in [-0.3, -0.25) is 14.9 Å². The number of nitrogens with one attached hydrogen (secondary N) is 2. The summed E-state index contributed by atoms with van der Waals surface area (Å²) in [5.74, 6) is 0.254. The van der Waals surface area contributed by atoms with Gasteiger partial charge in [0.05, 0.1) is 11.3 Å². The highest BCUT2D eigenvalue weighted by Crippen LogP contribution is 2.22. The molecular formula is C23H24ClN3O2S. The van der Waals surface area contributed by atoms with Crippen LogP contribution in [0.4, 0.5) is 5.69 Å². The molecule has 1 heterocycles. The normalized spacial score (nSPS) is 14.5. The molecule has 0 atom stereocenters. The number of thiocarbonyl (C=S) groups is 1. The number of anilines is 1. The monoisotopic (exact) mass is 441 g/mol. The van der Waals surface area contributed by atoms with E-state index >= 15 is 0 Å². The molecule has 0 aromatic heterocycles. The number of hydrogen-bond donors (Lipinski definition) is 2. The molecule has 30 heavy (non-hydrogen) atoms. The number of hydrogen-bond acceptors (Lipinski definition) is 3. The van der Waals surface area contributed by atoms with Crippen LogP contribution in [0.2, 0.25) is 5.02 Å². The lowest BCUT2D eigenvalue weighted by molar-refractivity contribution is -0.115. The van der Waals surface area contributed by atoms with Gasteiger partial charge in [0.15, 0.2) is 5.11 Å². The Balaban J connectivity index is 1.60. The van der Waals surface area contributed by atoms with Crippen LogP contribution in [0, 0.1) is 5.92 Å². The Hall–Kier alpha value is -2.70. The first kappa shape index (κ1) is 22.0. The Morgan fingerprint density at radius 1 is 1.10 bits per heavy atom. The van der Waals surface area contributed by atoms with E-state index in [2.05, 4.69) is 17.6 Å². The summed E-state index contributed by atoms with van der Waals surface area (Å²) >= 11 is 11.1. The maximum absolute atomic E-state index is 12.9. The topological polar surface area (TPSA) is 61.4 Å². The van der Waals surface area contributed by atoms with Crippen molar-refractivity contribution in [1.82, 2.24) is 10.2 Å². The van der Waals surface area contributed by atoms with Gasteiger partial charge in [-0.15, -0.1) is 0 Å². The van der Waals surface area contributed by atoms with Crippen LogP contribution in [0.3, 0.4) is 0 Å². The first-order chi connectivity index (χ1) is 14.4. The van der Waals surface area contributed by atoms with Gasteiger partial charge in [0.2, 0.25) is 5.91 Å². The Kier molecular flexibility index (Phi) is 7.60. The van der Waals surface area contributed by atoms with E-state index < -0.39 is 0 Å². The number of benzene rings is 2. The van der Waals surface area contributed by atoms with Gasteiger partial charge >= 0.3 is 0 Å². The molecule has 0 unspecified atom stereocenters. The van der Waals surface area contributed by atoms with Crippen molar-refractivity contribution in [3.8, 4) is 0 Å². The fourth-order valence-electron chi connectivity index (χ4n) is 3.21. The quantitative estimate of drug-likeness (QED) is 0.531. The third kappa shape index (κ3) is 6.15. The first-order valence-corrected chi connectivity index (χ1v) is 10.6. The van der Waals surface area contributed by atoms with E-state index in [9.17, 15) is 9.59 Å². The Morgan fingerprint density at radius 2 is 1.77 bits per heavy atom. The molecule has 1 aliphatic rings. The number of rotatable bonds is 4. The zero-order valence-electron chi connectivity index (χ0n) is 16.7. The fourth-order valence-corrected chi connectivity index (χ4v) is 3.55. The maximum Gasteiger partial charge on any atom is 0.255 e. The average Bonchev–Trinajstić information content (AvgIpc) is 2.74. The summed E-state index contributed by atoms with van der Waals surface area (Å²) in [6.45, 7) is 3.72. The molecule has 1 fully saturated rings. The van der Waals surface area contributed by atoms with Crippen molar-refractivity contribution in [2.45, 2.75) is 19.8 Å². The molecule has 0 saturated carbocycles. The van der Waals surface area contributed by atoms with Crippen LogP contribution in [0.15, 0.2) is 54.6 Å². The van der Waals surface area contributed by atoms with Crippen LogP contribution in [0.5, 0.6) is 0 Å². The number of halogens is 1. The van der Waals surface area contributed by atoms with E-state index in [4.69, 9.17) is 23.8 Å². The van der Waals surface area contributed by atoms with Crippen molar-refractivity contribution in [3.05, 3.63) is 70.8 Å². The zero-order chi connectivity index (χ0) is 21.5. The van der Waals surface area contributed by atoms with Crippen LogP contribution >= 0.6 is 23.8 Å². The van der Waals surface area contributed by atoms with Crippen LogP contribution in [-0.4, -0.2) is 34.9 Å². The molecule has 1 saturated heterocycles. The number of piperidine rings is 1. The Morgan fingerprint density at radius 3 is 2.47 bits per heavy atom. The molecule has 3 rings (SSSR count). The lowest BCUT2D eigenvalue weighted by atomic mass is 9.98. The summed E-state index contributed by atoms with van der Waals surface area (Å²) in [6.07, 6.45) is 5.08. The zero-order valence-corrected chi connectivity index (χ0v) is 18.3. The van der Waals surface area contributed by atoms with Gasteiger partial charge in [-0.1, -0.05) is 42.8 Å². The summed E-state index contributed by atoms with van der Waals surface area (Å²) in [4.78, 5) is 27.0. The van der Waals surface area contributed by atoms with Crippen LogP contribution in [0.1, 0.15) is 35.7 Å². The van der Waals surface area contributed by atoms with Crippen molar-refractivity contribution in [2.24, 2.45) is 5.92 Å². The molecule has 0 spiro atoms. The highest BCUT2D eigenvalue weighted by Gasteiger charge is 2.23. The average molecular weight is 442 g/mol. The molecule has 0 aliphatic carbocycles. The minimum absolute atomic E-state index is 0.0261. The third-order valence-electron chi connectivity index (χ3n) is 5.01. The molecule has 2 aromatic carbocycles. The van der Waals surface area contributed by atoms with Crippen LogP contribution < -0.4 is 10.6 Å². The van der Waals surface area contributed by atoms with Gasteiger partial charge in [0, 0.05) is 24.2 Å². The van der Waals surface area contributed by atoms with Crippen LogP contribution in [-0.2, 0) is 4.79 Å². The van der Waals surface area contributed by atoms with E-state index in [1.165, 1.54) is 6.08 Å². The number of amides is 2. The van der Waals surface area contributed by atoms with Crippen molar-refractivity contribution < 1.29 is 9.59 Å². The maximum atomic E-state index is 12.9. The van der Waals surface area contributed by atoms with E-state index in [0.29, 0.717) is 22.2 Å². The number of likely N-dealkylation sites (tertiary alicyclic amines) is 1. The predicted octanol–water partition coefficient (Wildman–Crippen LogP) is 4.74. The van der Waals surface area contributed by atoms with E-state index in [1.807, 2.05) is 29.2 Å². The third-order valence-corrected chi connectivity index (χ3v) is 5.47. The number of carbonyl (C=O) groups excluding carboxylic acids is 2. The lowest BCUT2D eigenvalue weighted by Gasteiger charge is -2.30. The van der Waals surface area contributed by atoms with E-state index in [0.717, 1.165) is 31.5 Å². The van der Waals surface area contributed by atoms with Crippen molar-refractivity contribution >= 4 is 52.5 Å². The minimum Gasteiger partial charge on any atom is -0.339 e. The summed E-state index contributed by atoms with van der Waals surface area (Å²) in [5.41, 5.74) is 1.97. The standard InChI is InChI=1S/C23H24ClN3O2S/c1-16-12-14-27(15-13-16)22(29)19-4-2-3-5-20(19)25-23(30)26-21(28)11-8-17-6-9-18(24)10-7-17/h2-11,16H,12-15H2,1H3,(H2,25,26,28,30)/b11-8+. The van der Waals surface area contributed by atoms with E-state index in [-0.39, 0.29) is 16.9 Å². The number of nitrogens with zero attached hydrogens (tertiary/aromatic N) is 1. The SMILES string of the molecule is CC1CCN(C(=O)c2ccccc2NC(=S)NC(=O)/C=C/c2ccc(Cl)cc2)CC1. The molecule has 2 N–H and O–H groups in total. The minimum atomic E-state index is -0.365. The smallest absolute Gasteiger partial charge is 0.255 e. The van der Waals surface area contributed by atoms with E-state index in [1.54, 1.807) is 30.3 Å². The molecule has 2 amide bonds. The first-order valence-electron chi connectivity index (χ1n) is 9.86. The fraction of sp³-hybridized carbons (Fsp3) is 0.261. The predicted molar refractivity (Wildman–Crippen MR) is 126 cm³/mol. The highest BCUT2D eigenvalue weighted by molar-refractivity contribution is 7.80. The molecular weight excluding hydrogens is 418 g/mol. The van der Waals surface area contributed by atoms with Crippen molar-refractivity contribution in [3.63, 3.8) is 0 Å².